The number of benzene rings is 2. The second-order valence-electron chi connectivity index (χ2n) is 6.13. The van der Waals surface area contributed by atoms with Gasteiger partial charge in [-0.3, -0.25) is 19.9 Å². The molecule has 0 aliphatic rings. The van der Waals surface area contributed by atoms with Crippen LogP contribution in [0.25, 0.3) is 22.2 Å². The molecule has 0 saturated carbocycles. The molecule has 9 heteroatoms. The first kappa shape index (κ1) is 18.1. The number of hydrogen-bond donors (Lipinski definition) is 2. The molecule has 0 saturated heterocycles. The van der Waals surface area contributed by atoms with Crippen molar-refractivity contribution in [2.24, 2.45) is 0 Å². The van der Waals surface area contributed by atoms with Crippen LogP contribution in [0, 0.1) is 10.1 Å². The van der Waals surface area contributed by atoms with E-state index >= 15 is 0 Å². The molecule has 0 aliphatic carbocycles. The number of aromatic nitrogens is 3. The highest BCUT2D eigenvalue weighted by molar-refractivity contribution is 5.92. The standard InChI is InChI=1S/C20H15N5O4/c1-29-15-8-4-13(5-9-15)22-20-23-18-17(19(26)24-20)16(10-11-21-18)12-2-6-14(7-3-12)25(27)28/h2-11H,1H3,(H2,21,22,23,24,26). The average Bonchev–Trinajstić information content (AvgIpc) is 2.74. The number of fused-ring (bicyclic) bond motifs is 1. The molecule has 0 fully saturated rings. The highest BCUT2D eigenvalue weighted by Crippen LogP contribution is 2.27. The van der Waals surface area contributed by atoms with Gasteiger partial charge in [0.1, 0.15) is 5.75 Å². The van der Waals surface area contributed by atoms with Crippen LogP contribution < -0.4 is 15.6 Å². The first-order valence-electron chi connectivity index (χ1n) is 8.60. The van der Waals surface area contributed by atoms with E-state index in [0.717, 1.165) is 5.69 Å². The van der Waals surface area contributed by atoms with Gasteiger partial charge < -0.3 is 10.1 Å². The molecule has 0 bridgehead atoms. The number of nitro groups is 1. The number of rotatable bonds is 5. The zero-order chi connectivity index (χ0) is 20.4. The van der Waals surface area contributed by atoms with Crippen molar-refractivity contribution >= 4 is 28.4 Å². The highest BCUT2D eigenvalue weighted by atomic mass is 16.6. The quantitative estimate of drug-likeness (QED) is 0.394. The fourth-order valence-corrected chi connectivity index (χ4v) is 2.94. The Balaban J connectivity index is 1.73. The molecule has 2 heterocycles. The average molecular weight is 389 g/mol. The van der Waals surface area contributed by atoms with E-state index in [1.807, 2.05) is 0 Å². The Hall–Kier alpha value is -4.27. The van der Waals surface area contributed by atoms with Crippen LogP contribution in [0.4, 0.5) is 17.3 Å². The number of H-pyrrole nitrogens is 1. The van der Waals surface area contributed by atoms with Crippen molar-refractivity contribution in [1.82, 2.24) is 15.0 Å². The van der Waals surface area contributed by atoms with Gasteiger partial charge in [-0.05, 0) is 53.6 Å². The largest absolute Gasteiger partial charge is 0.497 e. The molecule has 144 valence electrons. The Bertz CT molecular complexity index is 1250. The molecule has 0 aliphatic heterocycles. The van der Waals surface area contributed by atoms with Crippen LogP contribution >= 0.6 is 0 Å². The summed E-state index contributed by atoms with van der Waals surface area (Å²) < 4.78 is 5.12. The van der Waals surface area contributed by atoms with E-state index in [1.165, 1.54) is 12.1 Å². The maximum Gasteiger partial charge on any atom is 0.269 e. The van der Waals surface area contributed by atoms with Crippen LogP contribution in [0.1, 0.15) is 0 Å². The topological polar surface area (TPSA) is 123 Å². The van der Waals surface area contributed by atoms with Crippen LogP contribution in [0.2, 0.25) is 0 Å². The van der Waals surface area contributed by atoms with E-state index in [0.29, 0.717) is 22.3 Å². The van der Waals surface area contributed by atoms with Gasteiger partial charge in [0.05, 0.1) is 17.4 Å². The lowest BCUT2D eigenvalue weighted by atomic mass is 10.0. The van der Waals surface area contributed by atoms with Crippen LogP contribution in [0.3, 0.4) is 0 Å². The lowest BCUT2D eigenvalue weighted by Gasteiger charge is -2.09. The van der Waals surface area contributed by atoms with Crippen LogP contribution in [-0.4, -0.2) is 27.0 Å². The highest BCUT2D eigenvalue weighted by Gasteiger charge is 2.13. The minimum atomic E-state index is -0.472. The molecule has 2 aromatic heterocycles. The van der Waals surface area contributed by atoms with E-state index in [1.54, 1.807) is 55.8 Å². The summed E-state index contributed by atoms with van der Waals surface area (Å²) in [5, 5.41) is 14.2. The Kier molecular flexibility index (Phi) is 4.62. The number of non-ortho nitro benzene ring substituents is 1. The lowest BCUT2D eigenvalue weighted by molar-refractivity contribution is -0.384. The fourth-order valence-electron chi connectivity index (χ4n) is 2.94. The SMILES string of the molecule is COc1ccc(Nc2nc3nccc(-c4ccc([N+](=O)[O-])cc4)c3c(=O)[nH]2)cc1. The number of nitro benzene ring substituents is 1. The smallest absolute Gasteiger partial charge is 0.269 e. The van der Waals surface area contributed by atoms with E-state index < -0.39 is 4.92 Å². The monoisotopic (exact) mass is 389 g/mol. The van der Waals surface area contributed by atoms with Gasteiger partial charge in [0.15, 0.2) is 5.65 Å². The number of ether oxygens (including phenoxy) is 1. The summed E-state index contributed by atoms with van der Waals surface area (Å²) in [5.74, 6) is 0.964. The molecule has 29 heavy (non-hydrogen) atoms. The fraction of sp³-hybridized carbons (Fsp3) is 0.0500. The maximum atomic E-state index is 12.8. The van der Waals surface area contributed by atoms with E-state index in [4.69, 9.17) is 4.74 Å². The van der Waals surface area contributed by atoms with Crippen molar-refractivity contribution in [2.45, 2.75) is 0 Å². The molecule has 0 amide bonds. The molecule has 0 radical (unpaired) electrons. The molecule has 2 aromatic carbocycles. The minimum Gasteiger partial charge on any atom is -0.497 e. The summed E-state index contributed by atoms with van der Waals surface area (Å²) >= 11 is 0. The van der Waals surface area contributed by atoms with Gasteiger partial charge in [-0.2, -0.15) is 4.98 Å². The third-order valence-electron chi connectivity index (χ3n) is 4.35. The van der Waals surface area contributed by atoms with Crippen molar-refractivity contribution < 1.29 is 9.66 Å². The minimum absolute atomic E-state index is 0.0230. The summed E-state index contributed by atoms with van der Waals surface area (Å²) in [6.07, 6.45) is 1.54. The van der Waals surface area contributed by atoms with Crippen molar-refractivity contribution in [1.29, 1.82) is 0 Å². The zero-order valence-corrected chi connectivity index (χ0v) is 15.2. The normalized spacial score (nSPS) is 10.7. The Morgan fingerprint density at radius 3 is 2.45 bits per heavy atom. The molecular weight excluding hydrogens is 374 g/mol. The third-order valence-corrected chi connectivity index (χ3v) is 4.35. The Morgan fingerprint density at radius 2 is 1.79 bits per heavy atom. The predicted molar refractivity (Wildman–Crippen MR) is 109 cm³/mol. The molecule has 4 aromatic rings. The second-order valence-corrected chi connectivity index (χ2v) is 6.13. The molecule has 0 spiro atoms. The van der Waals surface area contributed by atoms with Gasteiger partial charge in [0, 0.05) is 24.0 Å². The van der Waals surface area contributed by atoms with Gasteiger partial charge in [-0.25, -0.2) is 4.98 Å². The van der Waals surface area contributed by atoms with Crippen LogP contribution in [0.5, 0.6) is 5.75 Å². The number of pyridine rings is 1. The van der Waals surface area contributed by atoms with E-state index in [2.05, 4.69) is 20.3 Å². The Labute approximate surface area is 164 Å². The number of hydrogen-bond acceptors (Lipinski definition) is 7. The third kappa shape index (κ3) is 3.61. The van der Waals surface area contributed by atoms with Crippen molar-refractivity contribution in [3.63, 3.8) is 0 Å². The number of methoxy groups -OCH3 is 1. The van der Waals surface area contributed by atoms with Crippen molar-refractivity contribution in [3.05, 3.63) is 81.3 Å². The maximum absolute atomic E-state index is 12.8. The van der Waals surface area contributed by atoms with E-state index in [-0.39, 0.29) is 22.8 Å². The number of nitrogens with one attached hydrogen (secondary N) is 2. The number of nitrogens with zero attached hydrogens (tertiary/aromatic N) is 3. The number of anilines is 2. The van der Waals surface area contributed by atoms with Gasteiger partial charge in [-0.15, -0.1) is 0 Å². The first-order chi connectivity index (χ1) is 14.0. The predicted octanol–water partition coefficient (Wildman–Crippen LogP) is 3.65. The summed E-state index contributed by atoms with van der Waals surface area (Å²) in [6, 6.07) is 14.8. The van der Waals surface area contributed by atoms with Crippen LogP contribution in [-0.2, 0) is 0 Å². The van der Waals surface area contributed by atoms with Gasteiger partial charge >= 0.3 is 0 Å². The van der Waals surface area contributed by atoms with Gasteiger partial charge in [0.2, 0.25) is 5.95 Å². The van der Waals surface area contributed by atoms with E-state index in [9.17, 15) is 14.9 Å². The van der Waals surface area contributed by atoms with Gasteiger partial charge in [0.25, 0.3) is 11.2 Å². The molecule has 0 unspecified atom stereocenters. The second kappa shape index (κ2) is 7.39. The van der Waals surface area contributed by atoms with Crippen molar-refractivity contribution in [3.8, 4) is 16.9 Å². The molecule has 4 rings (SSSR count). The summed E-state index contributed by atoms with van der Waals surface area (Å²) in [7, 11) is 1.58. The summed E-state index contributed by atoms with van der Waals surface area (Å²) in [4.78, 5) is 34.4. The van der Waals surface area contributed by atoms with Crippen LogP contribution in [0.15, 0.2) is 65.6 Å². The molecule has 9 nitrogen and oxygen atoms in total. The first-order valence-corrected chi connectivity index (χ1v) is 8.60. The number of aromatic amines is 1. The molecule has 2 N–H and O–H groups in total. The lowest BCUT2D eigenvalue weighted by Crippen LogP contribution is -2.13. The molecular formula is C20H15N5O4. The summed E-state index contributed by atoms with van der Waals surface area (Å²) in [6.45, 7) is 0. The Morgan fingerprint density at radius 1 is 1.07 bits per heavy atom. The molecule has 0 atom stereocenters. The zero-order valence-electron chi connectivity index (χ0n) is 15.2. The summed E-state index contributed by atoms with van der Waals surface area (Å²) in [5.41, 5.74) is 1.85. The van der Waals surface area contributed by atoms with Gasteiger partial charge in [-0.1, -0.05) is 0 Å². The van der Waals surface area contributed by atoms with Crippen molar-refractivity contribution in [2.75, 3.05) is 12.4 Å².